The summed E-state index contributed by atoms with van der Waals surface area (Å²) in [7, 11) is 0. The van der Waals surface area contributed by atoms with E-state index in [9.17, 15) is 0 Å². The van der Waals surface area contributed by atoms with Crippen LogP contribution in [0.1, 0.15) is 39.0 Å². The number of hydrogen-bond acceptors (Lipinski definition) is 1. The third-order valence-electron chi connectivity index (χ3n) is 2.89. The van der Waals surface area contributed by atoms with Crippen molar-refractivity contribution >= 4 is 11.0 Å². The SMILES string of the molecule is CC(C)Cc1ccc2oc(CC(C)C)cc2c1. The molecule has 92 valence electrons. The second-order valence-corrected chi connectivity index (χ2v) is 5.78. The zero-order valence-corrected chi connectivity index (χ0v) is 11.3. The Balaban J connectivity index is 2.27. The highest BCUT2D eigenvalue weighted by Crippen LogP contribution is 2.23. The van der Waals surface area contributed by atoms with Crippen LogP contribution in [0.25, 0.3) is 11.0 Å². The van der Waals surface area contributed by atoms with Crippen molar-refractivity contribution < 1.29 is 4.42 Å². The van der Waals surface area contributed by atoms with Crippen LogP contribution >= 0.6 is 0 Å². The Kier molecular flexibility index (Phi) is 3.56. The van der Waals surface area contributed by atoms with Crippen molar-refractivity contribution in [2.75, 3.05) is 0 Å². The van der Waals surface area contributed by atoms with Gasteiger partial charge >= 0.3 is 0 Å². The Morgan fingerprint density at radius 1 is 0.941 bits per heavy atom. The average molecular weight is 230 g/mol. The van der Waals surface area contributed by atoms with E-state index in [2.05, 4.69) is 52.0 Å². The number of hydrogen-bond donors (Lipinski definition) is 0. The van der Waals surface area contributed by atoms with Gasteiger partial charge < -0.3 is 4.42 Å². The fourth-order valence-corrected chi connectivity index (χ4v) is 2.25. The molecule has 17 heavy (non-hydrogen) atoms. The van der Waals surface area contributed by atoms with E-state index in [1.165, 1.54) is 10.9 Å². The first-order valence-electron chi connectivity index (χ1n) is 6.56. The molecule has 0 aliphatic rings. The molecule has 1 heterocycles. The molecule has 0 saturated heterocycles. The Labute approximate surface area is 104 Å². The summed E-state index contributed by atoms with van der Waals surface area (Å²) in [5.41, 5.74) is 2.43. The van der Waals surface area contributed by atoms with Crippen LogP contribution in [0.15, 0.2) is 28.7 Å². The molecule has 0 radical (unpaired) electrons. The first-order chi connectivity index (χ1) is 8.04. The summed E-state index contributed by atoms with van der Waals surface area (Å²) in [5.74, 6) is 2.46. The molecule has 0 unspecified atom stereocenters. The summed E-state index contributed by atoms with van der Waals surface area (Å²) < 4.78 is 5.84. The van der Waals surface area contributed by atoms with Gasteiger partial charge in [-0.2, -0.15) is 0 Å². The van der Waals surface area contributed by atoms with Crippen molar-refractivity contribution in [3.05, 3.63) is 35.6 Å². The topological polar surface area (TPSA) is 13.1 Å². The molecule has 0 amide bonds. The van der Waals surface area contributed by atoms with Crippen LogP contribution < -0.4 is 0 Å². The van der Waals surface area contributed by atoms with Gasteiger partial charge in [0.25, 0.3) is 0 Å². The lowest BCUT2D eigenvalue weighted by Gasteiger charge is -2.03. The van der Waals surface area contributed by atoms with Gasteiger partial charge in [-0.3, -0.25) is 0 Å². The largest absolute Gasteiger partial charge is 0.461 e. The van der Waals surface area contributed by atoms with Gasteiger partial charge in [0.2, 0.25) is 0 Å². The van der Waals surface area contributed by atoms with Gasteiger partial charge in [-0.25, -0.2) is 0 Å². The summed E-state index contributed by atoms with van der Waals surface area (Å²) >= 11 is 0. The molecule has 0 bridgehead atoms. The van der Waals surface area contributed by atoms with Gasteiger partial charge in [-0.05, 0) is 42.0 Å². The molecular weight excluding hydrogens is 208 g/mol. The number of benzene rings is 1. The van der Waals surface area contributed by atoms with Gasteiger partial charge in [0.15, 0.2) is 0 Å². The maximum absolute atomic E-state index is 5.84. The van der Waals surface area contributed by atoms with E-state index in [4.69, 9.17) is 4.42 Å². The quantitative estimate of drug-likeness (QED) is 0.733. The van der Waals surface area contributed by atoms with Crippen LogP contribution in [0, 0.1) is 11.8 Å². The lowest BCUT2D eigenvalue weighted by atomic mass is 10.0. The molecule has 1 aromatic heterocycles. The molecule has 0 fully saturated rings. The van der Waals surface area contributed by atoms with Crippen LogP contribution in [-0.4, -0.2) is 0 Å². The standard InChI is InChI=1S/C16H22O/c1-11(2)7-13-5-6-16-14(9-13)10-15(17-16)8-12(3)4/h5-6,9-12H,7-8H2,1-4H3. The number of rotatable bonds is 4. The van der Waals surface area contributed by atoms with Crippen molar-refractivity contribution in [2.24, 2.45) is 11.8 Å². The maximum atomic E-state index is 5.84. The first-order valence-corrected chi connectivity index (χ1v) is 6.56. The van der Waals surface area contributed by atoms with Crippen LogP contribution in [-0.2, 0) is 12.8 Å². The lowest BCUT2D eigenvalue weighted by Crippen LogP contribution is -1.92. The van der Waals surface area contributed by atoms with Crippen LogP contribution in [0.5, 0.6) is 0 Å². The van der Waals surface area contributed by atoms with E-state index in [-0.39, 0.29) is 0 Å². The van der Waals surface area contributed by atoms with Crippen LogP contribution in [0.2, 0.25) is 0 Å². The predicted octanol–water partition coefficient (Wildman–Crippen LogP) is 4.83. The van der Waals surface area contributed by atoms with Gasteiger partial charge in [-0.15, -0.1) is 0 Å². The normalized spacial score (nSPS) is 11.9. The minimum Gasteiger partial charge on any atom is -0.461 e. The average Bonchev–Trinajstić information content (AvgIpc) is 2.56. The van der Waals surface area contributed by atoms with Gasteiger partial charge in [0.1, 0.15) is 11.3 Å². The number of fused-ring (bicyclic) bond motifs is 1. The van der Waals surface area contributed by atoms with E-state index in [1.54, 1.807) is 0 Å². The summed E-state index contributed by atoms with van der Waals surface area (Å²) in [6, 6.07) is 8.75. The fraction of sp³-hybridized carbons (Fsp3) is 0.500. The van der Waals surface area contributed by atoms with E-state index < -0.39 is 0 Å². The molecule has 0 aliphatic carbocycles. The molecule has 0 atom stereocenters. The Bertz CT molecular complexity index is 483. The van der Waals surface area contributed by atoms with E-state index in [0.717, 1.165) is 24.2 Å². The molecule has 1 aromatic carbocycles. The molecule has 0 aliphatic heterocycles. The van der Waals surface area contributed by atoms with E-state index >= 15 is 0 Å². The zero-order chi connectivity index (χ0) is 12.4. The Hall–Kier alpha value is -1.24. The monoisotopic (exact) mass is 230 g/mol. The molecule has 0 spiro atoms. The second-order valence-electron chi connectivity index (χ2n) is 5.78. The predicted molar refractivity (Wildman–Crippen MR) is 73.3 cm³/mol. The third kappa shape index (κ3) is 3.12. The molecule has 1 nitrogen and oxygen atoms in total. The summed E-state index contributed by atoms with van der Waals surface area (Å²) in [6.45, 7) is 8.95. The molecule has 1 heteroatoms. The lowest BCUT2D eigenvalue weighted by molar-refractivity contribution is 0.500. The minimum atomic E-state index is 0.644. The van der Waals surface area contributed by atoms with Crippen LogP contribution in [0.3, 0.4) is 0 Å². The number of furan rings is 1. The van der Waals surface area contributed by atoms with Crippen molar-refractivity contribution in [3.8, 4) is 0 Å². The smallest absolute Gasteiger partial charge is 0.134 e. The highest BCUT2D eigenvalue weighted by Gasteiger charge is 2.07. The summed E-state index contributed by atoms with van der Waals surface area (Å²) in [5, 5.41) is 1.25. The highest BCUT2D eigenvalue weighted by molar-refractivity contribution is 5.78. The van der Waals surface area contributed by atoms with Gasteiger partial charge in [-0.1, -0.05) is 33.8 Å². The van der Waals surface area contributed by atoms with Crippen molar-refractivity contribution in [3.63, 3.8) is 0 Å². The van der Waals surface area contributed by atoms with Crippen molar-refractivity contribution in [1.82, 2.24) is 0 Å². The molecule has 0 saturated carbocycles. The summed E-state index contributed by atoms with van der Waals surface area (Å²) in [6.07, 6.45) is 2.16. The van der Waals surface area contributed by atoms with Gasteiger partial charge in [0, 0.05) is 11.8 Å². The van der Waals surface area contributed by atoms with Gasteiger partial charge in [0.05, 0.1) is 0 Å². The fourth-order valence-electron chi connectivity index (χ4n) is 2.25. The minimum absolute atomic E-state index is 0.644. The molecule has 2 aromatic rings. The summed E-state index contributed by atoms with van der Waals surface area (Å²) in [4.78, 5) is 0. The van der Waals surface area contributed by atoms with Crippen molar-refractivity contribution in [2.45, 2.75) is 40.5 Å². The maximum Gasteiger partial charge on any atom is 0.134 e. The third-order valence-corrected chi connectivity index (χ3v) is 2.89. The van der Waals surface area contributed by atoms with Crippen LogP contribution in [0.4, 0.5) is 0 Å². The zero-order valence-electron chi connectivity index (χ0n) is 11.3. The molecule has 0 N–H and O–H groups in total. The van der Waals surface area contributed by atoms with E-state index in [0.29, 0.717) is 11.8 Å². The molecular formula is C16H22O. The Morgan fingerprint density at radius 3 is 2.29 bits per heavy atom. The van der Waals surface area contributed by atoms with Crippen molar-refractivity contribution in [1.29, 1.82) is 0 Å². The highest BCUT2D eigenvalue weighted by atomic mass is 16.3. The van der Waals surface area contributed by atoms with E-state index in [1.807, 2.05) is 0 Å². The first kappa shape index (κ1) is 12.2. The molecule has 2 rings (SSSR count). The Morgan fingerprint density at radius 2 is 1.65 bits per heavy atom. The second kappa shape index (κ2) is 4.95.